The summed E-state index contributed by atoms with van der Waals surface area (Å²) in [5.74, 6) is -18.3. The summed E-state index contributed by atoms with van der Waals surface area (Å²) in [7, 11) is 1.59. The first-order valence-electron chi connectivity index (χ1n) is 38.7. The Bertz CT molecular complexity index is 4130. The van der Waals surface area contributed by atoms with Gasteiger partial charge in [-0.2, -0.15) is 0 Å². The molecule has 14 atom stereocenters. The van der Waals surface area contributed by atoms with E-state index in [9.17, 15) is 68.1 Å². The SMILES string of the molecule is CCC1NC(=O)[C@H](Cc2ccc(O)cc2)NC(=O)[C@@H]2CSSC[C@H](NC(=O)[C@H]([C@@H](C)CC)NC(=O)[C@@H]3CCCN3C(=O)[C@@H]3CCCN3C(=O)[C@H](Cc3ccc(O)cc3)NC(=O)[C@H](CO)NC1=O)C(=O)N[C@@H](CC(N)=O)C(=O)N1CCC[C@H]1C(=O)N[C@@H](CC(N)=O)C(=O)NCC(=O)N[C@@H](CCCCNC(=O)OCc1ccccc1Cl)C(=O)N2. The van der Waals surface area contributed by atoms with Gasteiger partial charge >= 0.3 is 6.09 Å². The van der Waals surface area contributed by atoms with Gasteiger partial charge in [-0.1, -0.05) is 103 Å². The molecule has 0 aliphatic carbocycles. The van der Waals surface area contributed by atoms with Gasteiger partial charge < -0.3 is 110 Å². The van der Waals surface area contributed by atoms with Crippen LogP contribution in [0.5, 0.6) is 11.5 Å². The van der Waals surface area contributed by atoms with Crippen LogP contribution in [0.25, 0.3) is 0 Å². The Labute approximate surface area is 686 Å². The number of primary amides is 2. The number of nitrogens with zero attached hydrogens (tertiary/aromatic N) is 3. The second-order valence-corrected chi connectivity index (χ2v) is 32.1. The molecule has 38 nitrogen and oxygen atoms in total. The van der Waals surface area contributed by atoms with E-state index >= 15 is 28.8 Å². The summed E-state index contributed by atoms with van der Waals surface area (Å²) in [5, 5.41) is 62.3. The number of amides is 17. The number of benzene rings is 3. The smallest absolute Gasteiger partial charge is 0.407 e. The van der Waals surface area contributed by atoms with Crippen molar-refractivity contribution in [3.8, 4) is 11.5 Å². The minimum Gasteiger partial charge on any atom is -0.508 e. The summed E-state index contributed by atoms with van der Waals surface area (Å²) >= 11 is 6.24. The molecule has 5 aliphatic heterocycles. The third-order valence-electron chi connectivity index (χ3n) is 20.6. The number of ether oxygens (including phenoxy) is 1. The van der Waals surface area contributed by atoms with Crippen molar-refractivity contribution in [1.82, 2.24) is 78.5 Å². The maximum atomic E-state index is 15.4. The average molecular weight is 1690 g/mol. The van der Waals surface area contributed by atoms with Crippen LogP contribution in [0.1, 0.15) is 121 Å². The van der Waals surface area contributed by atoms with Crippen LogP contribution in [0.4, 0.5) is 4.79 Å². The van der Waals surface area contributed by atoms with Crippen molar-refractivity contribution in [2.75, 3.05) is 50.8 Å². The molecule has 3 aromatic carbocycles. The van der Waals surface area contributed by atoms with E-state index in [0.717, 1.165) is 26.5 Å². The quantitative estimate of drug-likeness (QED) is 0.0425. The topological polar surface area (TPSA) is 566 Å². The van der Waals surface area contributed by atoms with Crippen molar-refractivity contribution in [3.63, 3.8) is 0 Å². The molecule has 0 radical (unpaired) electrons. The van der Waals surface area contributed by atoms with Crippen LogP contribution in [0, 0.1) is 5.92 Å². The number of nitrogens with one attached hydrogen (secondary N) is 12. The highest BCUT2D eigenvalue weighted by molar-refractivity contribution is 8.76. The minimum absolute atomic E-state index is 0.00472. The van der Waals surface area contributed by atoms with Gasteiger partial charge in [0.25, 0.3) is 0 Å². The van der Waals surface area contributed by atoms with Crippen molar-refractivity contribution in [1.29, 1.82) is 0 Å². The number of halogens is 1. The van der Waals surface area contributed by atoms with Gasteiger partial charge in [0, 0.05) is 61.1 Å². The molecule has 117 heavy (non-hydrogen) atoms. The third kappa shape index (κ3) is 26.5. The number of carbonyl (C=O) groups excluding carboxylic acids is 17. The number of unbranched alkanes of at least 4 members (excludes halogenated alkanes) is 1. The Balaban J connectivity index is 1.21. The van der Waals surface area contributed by atoms with Crippen molar-refractivity contribution in [3.05, 3.63) is 94.5 Å². The van der Waals surface area contributed by atoms with Gasteiger partial charge in [-0.05, 0) is 112 Å². The van der Waals surface area contributed by atoms with Gasteiger partial charge in [0.15, 0.2) is 0 Å². The first-order chi connectivity index (χ1) is 55.9. The number of aliphatic hydroxyl groups is 1. The van der Waals surface area contributed by atoms with E-state index in [2.05, 4.69) is 63.8 Å². The molecule has 1 unspecified atom stereocenters. The van der Waals surface area contributed by atoms with E-state index in [0.29, 0.717) is 21.7 Å². The second kappa shape index (κ2) is 44.4. The standard InChI is InChI=1S/C76H102ClN17O21S2/c1-4-40(3)62-72(110)90-55-39-117-116-38-54(89-65(103)48(15-8-9-27-80-76(114)115-37-43-13-6-7-14-46(43)77)82-61(100)35-81-63(101)50(33-59(78)98)85-70(108)56-16-10-28-92(56)74(112)52(34-60(79)99)87-69(55)107)68(106)84-49(31-41-19-23-44(96)24-20-41)66(104)83-47(5-2)64(102)88-53(36-95)67(105)86-51(32-42-21-25-45(97)26-22-42)73(111)94-30-12-18-58(94)75(113)93-29-11-17-57(93)71(109)91-62/h6-7,13-14,19-26,40,47-58,62,95-97H,4-5,8-12,15-18,27-39H2,1-3H3,(H2,78,98)(H2,79,99)(H,80,114)(H,81,101)(H,82,100)(H,83,104)(H,84,106)(H,85,108)(H,86,105)(H,87,107)(H,88,102)(H,89,103)(H,90,110)(H,91,109)/t40-,47?,48-,49-,50-,51-,52-,53-,54-,55-,56-,57-,58-,62-/m0/s1. The lowest BCUT2D eigenvalue weighted by atomic mass is 9.97. The molecule has 0 spiro atoms. The molecule has 8 rings (SSSR count). The fourth-order valence-electron chi connectivity index (χ4n) is 14.0. The van der Waals surface area contributed by atoms with E-state index in [-0.39, 0.29) is 121 Å². The highest BCUT2D eigenvalue weighted by Crippen LogP contribution is 2.29. The molecule has 5 saturated heterocycles. The summed E-state index contributed by atoms with van der Waals surface area (Å²) in [4.78, 5) is 249. The fraction of sp³-hybridized carbons (Fsp3) is 0.539. The van der Waals surface area contributed by atoms with Crippen molar-refractivity contribution >= 4 is 134 Å². The number of hydrogen-bond acceptors (Lipinski definition) is 23. The first kappa shape index (κ1) is 91.5. The molecule has 2 bridgehead atoms. The fourth-order valence-corrected chi connectivity index (χ4v) is 16.5. The molecule has 636 valence electrons. The number of rotatable bonds is 19. The van der Waals surface area contributed by atoms with E-state index in [4.69, 9.17) is 27.8 Å². The highest BCUT2D eigenvalue weighted by Gasteiger charge is 2.47. The molecular formula is C76H102ClN17O21S2. The molecule has 3 aromatic rings. The molecular weight excluding hydrogens is 1590 g/mol. The van der Waals surface area contributed by atoms with Crippen molar-refractivity contribution in [2.24, 2.45) is 17.4 Å². The molecule has 19 N–H and O–H groups in total. The summed E-state index contributed by atoms with van der Waals surface area (Å²) in [5.41, 5.74) is 12.5. The number of alkyl carbamates (subject to hydrolysis) is 1. The largest absolute Gasteiger partial charge is 0.508 e. The van der Waals surface area contributed by atoms with Crippen LogP contribution in [-0.4, -0.2) is 260 Å². The zero-order valence-electron chi connectivity index (χ0n) is 64.9. The molecule has 17 amide bonds. The lowest BCUT2D eigenvalue weighted by Crippen LogP contribution is -2.62. The van der Waals surface area contributed by atoms with Gasteiger partial charge in [0.2, 0.25) is 94.5 Å². The maximum Gasteiger partial charge on any atom is 0.407 e. The number of phenolic OH excluding ortho intramolecular Hbond substituents is 2. The molecule has 41 heteroatoms. The van der Waals surface area contributed by atoms with Crippen LogP contribution in [0.2, 0.25) is 5.02 Å². The monoisotopic (exact) mass is 1690 g/mol. The Morgan fingerprint density at radius 2 is 0.991 bits per heavy atom. The van der Waals surface area contributed by atoms with Crippen LogP contribution in [0.3, 0.4) is 0 Å². The summed E-state index contributed by atoms with van der Waals surface area (Å²) < 4.78 is 5.32. The van der Waals surface area contributed by atoms with Crippen molar-refractivity contribution < 1.29 is 102 Å². The van der Waals surface area contributed by atoms with Crippen LogP contribution < -0.4 is 75.3 Å². The van der Waals surface area contributed by atoms with E-state index in [1.165, 1.54) is 65.3 Å². The summed E-state index contributed by atoms with van der Waals surface area (Å²) in [6, 6.07) is -3.19. The molecule has 0 saturated carbocycles. The number of aromatic hydroxyl groups is 2. The van der Waals surface area contributed by atoms with E-state index in [1.54, 1.807) is 38.1 Å². The Kier molecular flexibility index (Phi) is 34.7. The number of fused-ring (bicyclic) bond motifs is 8. The van der Waals surface area contributed by atoms with Crippen molar-refractivity contribution in [2.45, 2.75) is 202 Å². The van der Waals surface area contributed by atoms with Gasteiger partial charge in [-0.25, -0.2) is 4.79 Å². The second-order valence-electron chi connectivity index (χ2n) is 29.1. The van der Waals surface area contributed by atoms with Gasteiger partial charge in [0.05, 0.1) is 26.0 Å². The third-order valence-corrected chi connectivity index (χ3v) is 23.4. The number of carbonyl (C=O) groups is 17. The van der Waals surface area contributed by atoms with E-state index < -0.39 is 229 Å². The number of hydrogen-bond donors (Lipinski definition) is 17. The number of phenols is 2. The summed E-state index contributed by atoms with van der Waals surface area (Å²) in [6.45, 7) is 2.42. The van der Waals surface area contributed by atoms with E-state index in [1.807, 2.05) is 0 Å². The predicted octanol–water partition coefficient (Wildman–Crippen LogP) is -2.82. The normalized spacial score (nSPS) is 26.1. The van der Waals surface area contributed by atoms with Crippen LogP contribution >= 0.6 is 33.2 Å². The zero-order valence-corrected chi connectivity index (χ0v) is 67.3. The summed E-state index contributed by atoms with van der Waals surface area (Å²) in [6.07, 6.45) is -2.50. The Morgan fingerprint density at radius 1 is 0.521 bits per heavy atom. The molecule has 5 fully saturated rings. The lowest BCUT2D eigenvalue weighted by molar-refractivity contribution is -0.148. The first-order valence-corrected chi connectivity index (χ1v) is 41.6. The Morgan fingerprint density at radius 3 is 1.56 bits per heavy atom. The minimum atomic E-state index is -1.87. The number of nitrogens with two attached hydrogens (primary N) is 2. The van der Waals surface area contributed by atoms with Gasteiger partial charge in [0.1, 0.15) is 96.6 Å². The van der Waals surface area contributed by atoms with Gasteiger partial charge in [-0.3, -0.25) is 76.7 Å². The predicted molar refractivity (Wildman–Crippen MR) is 423 cm³/mol. The maximum absolute atomic E-state index is 15.4. The van der Waals surface area contributed by atoms with Gasteiger partial charge in [-0.15, -0.1) is 0 Å². The zero-order chi connectivity index (χ0) is 85.2. The van der Waals surface area contributed by atoms with Crippen LogP contribution in [-0.2, 0) is 101 Å². The molecule has 0 aromatic heterocycles. The number of aliphatic hydroxyl groups excluding tert-OH is 1. The molecule has 5 aliphatic rings. The molecule has 5 heterocycles. The highest BCUT2D eigenvalue weighted by atomic mass is 35.5. The lowest BCUT2D eigenvalue weighted by Gasteiger charge is -2.34. The average Bonchev–Trinajstić information content (AvgIpc) is 1.67. The Hall–Kier alpha value is -11.0. The van der Waals surface area contributed by atoms with Crippen LogP contribution in [0.15, 0.2) is 72.8 Å².